The molecule has 2 N–H and O–H groups in total. The minimum atomic E-state index is -1.13. The first kappa shape index (κ1) is 10.8. The van der Waals surface area contributed by atoms with E-state index in [9.17, 15) is 9.59 Å². The Morgan fingerprint density at radius 3 is 2.43 bits per heavy atom. The second-order valence-electron chi connectivity index (χ2n) is 3.11. The van der Waals surface area contributed by atoms with Crippen LogP contribution in [0, 0.1) is 11.8 Å². The molecule has 0 bridgehead atoms. The van der Waals surface area contributed by atoms with Gasteiger partial charge in [-0.1, -0.05) is 24.6 Å². The van der Waals surface area contributed by atoms with Gasteiger partial charge in [-0.25, -0.2) is 4.79 Å². The van der Waals surface area contributed by atoms with Crippen molar-refractivity contribution in [3.05, 3.63) is 22.8 Å². The molecule has 0 amide bonds. The first-order valence-corrected chi connectivity index (χ1v) is 4.36. The summed E-state index contributed by atoms with van der Waals surface area (Å²) in [5, 5.41) is 17.7. The normalized spacial score (nSPS) is 26.4. The minimum absolute atomic E-state index is 0.0323. The van der Waals surface area contributed by atoms with Crippen LogP contribution in [-0.2, 0) is 9.59 Å². The lowest BCUT2D eigenvalue weighted by atomic mass is 9.83. The van der Waals surface area contributed by atoms with Crippen molar-refractivity contribution in [3.63, 3.8) is 0 Å². The Balaban J connectivity index is 3.07. The summed E-state index contributed by atoms with van der Waals surface area (Å²) in [6.45, 7) is 1.55. The van der Waals surface area contributed by atoms with Crippen molar-refractivity contribution < 1.29 is 19.8 Å². The second-order valence-corrected chi connectivity index (χ2v) is 3.55. The highest BCUT2D eigenvalue weighted by Crippen LogP contribution is 2.30. The van der Waals surface area contributed by atoms with Gasteiger partial charge in [-0.05, 0) is 6.08 Å². The van der Waals surface area contributed by atoms with Crippen molar-refractivity contribution in [1.29, 1.82) is 0 Å². The monoisotopic (exact) mass is 216 g/mol. The van der Waals surface area contributed by atoms with Crippen molar-refractivity contribution >= 4 is 23.5 Å². The average molecular weight is 217 g/mol. The second kappa shape index (κ2) is 3.84. The van der Waals surface area contributed by atoms with Crippen LogP contribution < -0.4 is 0 Å². The summed E-state index contributed by atoms with van der Waals surface area (Å²) < 4.78 is 0. The first-order valence-electron chi connectivity index (χ1n) is 3.98. The van der Waals surface area contributed by atoms with E-state index in [2.05, 4.69) is 0 Å². The van der Waals surface area contributed by atoms with E-state index in [1.165, 1.54) is 12.2 Å². The number of carbonyl (C=O) groups is 2. The predicted molar refractivity (Wildman–Crippen MR) is 49.9 cm³/mol. The highest BCUT2D eigenvalue weighted by Gasteiger charge is 2.31. The fourth-order valence-electron chi connectivity index (χ4n) is 1.38. The molecule has 2 unspecified atom stereocenters. The largest absolute Gasteiger partial charge is 0.481 e. The van der Waals surface area contributed by atoms with E-state index in [1.54, 1.807) is 6.92 Å². The van der Waals surface area contributed by atoms with Gasteiger partial charge in [-0.2, -0.15) is 0 Å². The maximum atomic E-state index is 10.8. The van der Waals surface area contributed by atoms with Crippen molar-refractivity contribution in [2.45, 2.75) is 6.92 Å². The molecule has 0 aromatic rings. The van der Waals surface area contributed by atoms with Crippen LogP contribution in [-0.4, -0.2) is 22.2 Å². The summed E-state index contributed by atoms with van der Waals surface area (Å²) in [5.74, 6) is -3.62. The van der Waals surface area contributed by atoms with E-state index in [0.717, 1.165) is 0 Å². The number of carboxylic acid groups (broad SMARTS) is 2. The van der Waals surface area contributed by atoms with Gasteiger partial charge in [0.1, 0.15) is 0 Å². The first-order chi connectivity index (χ1) is 6.43. The molecule has 0 aromatic carbocycles. The van der Waals surface area contributed by atoms with Crippen LogP contribution in [0.4, 0.5) is 0 Å². The highest BCUT2D eigenvalue weighted by atomic mass is 35.5. The summed E-state index contributed by atoms with van der Waals surface area (Å²) in [4.78, 5) is 21.5. The maximum absolute atomic E-state index is 10.8. The van der Waals surface area contributed by atoms with Crippen LogP contribution in [0.25, 0.3) is 0 Å². The van der Waals surface area contributed by atoms with Gasteiger partial charge in [-0.15, -0.1) is 0 Å². The van der Waals surface area contributed by atoms with Crippen LogP contribution in [0.3, 0.4) is 0 Å². The molecule has 0 aromatic heterocycles. The van der Waals surface area contributed by atoms with E-state index >= 15 is 0 Å². The number of halogens is 1. The summed E-state index contributed by atoms with van der Waals surface area (Å²) >= 11 is 5.62. The van der Waals surface area contributed by atoms with E-state index in [0.29, 0.717) is 0 Å². The van der Waals surface area contributed by atoms with Crippen molar-refractivity contribution in [2.75, 3.05) is 0 Å². The molecule has 0 heterocycles. The van der Waals surface area contributed by atoms with E-state index < -0.39 is 23.8 Å². The molecule has 76 valence electrons. The van der Waals surface area contributed by atoms with Gasteiger partial charge >= 0.3 is 11.9 Å². The van der Waals surface area contributed by atoms with Crippen molar-refractivity contribution in [1.82, 2.24) is 0 Å². The lowest BCUT2D eigenvalue weighted by Crippen LogP contribution is -2.26. The number of allylic oxidation sites excluding steroid dienone is 2. The Hall–Kier alpha value is -1.29. The van der Waals surface area contributed by atoms with Crippen molar-refractivity contribution in [2.24, 2.45) is 11.8 Å². The molecule has 0 spiro atoms. The fraction of sp³-hybridized carbons (Fsp3) is 0.333. The molecular formula is C9H9ClO4. The van der Waals surface area contributed by atoms with E-state index in [-0.39, 0.29) is 10.6 Å². The third-order valence-corrected chi connectivity index (χ3v) is 2.43. The summed E-state index contributed by atoms with van der Waals surface area (Å²) in [6, 6.07) is 0. The minimum Gasteiger partial charge on any atom is -0.481 e. The van der Waals surface area contributed by atoms with Gasteiger partial charge in [-0.3, -0.25) is 4.79 Å². The molecule has 0 radical (unpaired) electrons. The molecule has 4 nitrogen and oxygen atoms in total. The Morgan fingerprint density at radius 1 is 1.43 bits per heavy atom. The topological polar surface area (TPSA) is 74.6 Å². The summed E-state index contributed by atoms with van der Waals surface area (Å²) in [5.41, 5.74) is 0.0323. The number of hydrogen-bond acceptors (Lipinski definition) is 2. The average Bonchev–Trinajstić information content (AvgIpc) is 2.07. The van der Waals surface area contributed by atoms with Crippen LogP contribution in [0.1, 0.15) is 6.92 Å². The molecule has 5 heteroatoms. The Kier molecular flexibility index (Phi) is 2.96. The predicted octanol–water partition coefficient (Wildman–Crippen LogP) is 1.47. The van der Waals surface area contributed by atoms with Crippen LogP contribution in [0.15, 0.2) is 22.8 Å². The summed E-state index contributed by atoms with van der Waals surface area (Å²) in [7, 11) is 0. The number of aliphatic carboxylic acids is 2. The van der Waals surface area contributed by atoms with Crippen LogP contribution in [0.5, 0.6) is 0 Å². The Bertz CT molecular complexity index is 343. The zero-order chi connectivity index (χ0) is 10.9. The van der Waals surface area contributed by atoms with E-state index in [4.69, 9.17) is 21.8 Å². The lowest BCUT2D eigenvalue weighted by molar-refractivity contribution is -0.141. The van der Waals surface area contributed by atoms with Gasteiger partial charge < -0.3 is 10.2 Å². The third-order valence-electron chi connectivity index (χ3n) is 2.19. The summed E-state index contributed by atoms with van der Waals surface area (Å²) in [6.07, 6.45) is 2.63. The molecule has 14 heavy (non-hydrogen) atoms. The van der Waals surface area contributed by atoms with Crippen molar-refractivity contribution in [3.8, 4) is 0 Å². The zero-order valence-corrected chi connectivity index (χ0v) is 8.15. The quantitative estimate of drug-likeness (QED) is 0.733. The fourth-order valence-corrected chi connectivity index (χ4v) is 1.63. The molecule has 1 rings (SSSR count). The lowest BCUT2D eigenvalue weighted by Gasteiger charge is -2.21. The smallest absolute Gasteiger partial charge is 0.331 e. The van der Waals surface area contributed by atoms with Crippen LogP contribution in [0.2, 0.25) is 0 Å². The molecule has 2 atom stereocenters. The van der Waals surface area contributed by atoms with Gasteiger partial charge in [0.2, 0.25) is 0 Å². The molecular weight excluding hydrogens is 208 g/mol. The molecule has 1 aliphatic carbocycles. The standard InChI is InChI=1S/C9H9ClO4/c1-4-6(8(11)12)2-5(10)3-7(4)9(13)14/h2-4,6H,1H3,(H,11,12)(H,13,14). The van der Waals surface area contributed by atoms with E-state index in [1.807, 2.05) is 0 Å². The molecule has 0 saturated heterocycles. The maximum Gasteiger partial charge on any atom is 0.331 e. The number of hydrogen-bond donors (Lipinski definition) is 2. The third kappa shape index (κ3) is 1.96. The van der Waals surface area contributed by atoms with Gasteiger partial charge in [0.25, 0.3) is 0 Å². The molecule has 0 aliphatic heterocycles. The zero-order valence-electron chi connectivity index (χ0n) is 7.40. The van der Waals surface area contributed by atoms with Gasteiger partial charge in [0, 0.05) is 16.5 Å². The number of rotatable bonds is 2. The van der Waals surface area contributed by atoms with Gasteiger partial charge in [0.05, 0.1) is 5.92 Å². The highest BCUT2D eigenvalue weighted by molar-refractivity contribution is 6.31. The SMILES string of the molecule is CC1C(C(=O)O)=CC(Cl)=CC1C(=O)O. The molecule has 0 saturated carbocycles. The molecule has 0 fully saturated rings. The van der Waals surface area contributed by atoms with Crippen LogP contribution >= 0.6 is 11.6 Å². The molecule has 1 aliphatic rings. The number of carboxylic acids is 2. The Labute approximate surface area is 85.5 Å². The Morgan fingerprint density at radius 2 is 2.00 bits per heavy atom. The van der Waals surface area contributed by atoms with Gasteiger partial charge in [0.15, 0.2) is 0 Å².